The number of imidazole rings is 1. The van der Waals surface area contributed by atoms with Gasteiger partial charge in [-0.05, 0) is 18.2 Å². The number of para-hydroxylation sites is 2. The van der Waals surface area contributed by atoms with E-state index in [0.29, 0.717) is 12.1 Å². The standard InChI is InChI=1S/C14H11FN2/c15-12-6-2-1-5-11(12)9-17-10-16-13-7-3-4-8-14(13)17/h1-8,10H,9H2. The molecule has 17 heavy (non-hydrogen) atoms. The zero-order valence-electron chi connectivity index (χ0n) is 9.18. The summed E-state index contributed by atoms with van der Waals surface area (Å²) in [7, 11) is 0. The molecule has 0 unspecified atom stereocenters. The normalized spacial score (nSPS) is 10.9. The van der Waals surface area contributed by atoms with E-state index in [2.05, 4.69) is 4.98 Å². The van der Waals surface area contributed by atoms with Crippen LogP contribution in [0.25, 0.3) is 11.0 Å². The van der Waals surface area contributed by atoms with Crippen molar-refractivity contribution < 1.29 is 4.39 Å². The minimum absolute atomic E-state index is 0.176. The number of hydrogen-bond donors (Lipinski definition) is 0. The first-order valence-corrected chi connectivity index (χ1v) is 5.48. The molecular weight excluding hydrogens is 215 g/mol. The summed E-state index contributed by atoms with van der Waals surface area (Å²) in [6, 6.07) is 14.7. The third-order valence-corrected chi connectivity index (χ3v) is 2.83. The second-order valence-electron chi connectivity index (χ2n) is 3.95. The van der Waals surface area contributed by atoms with Gasteiger partial charge in [-0.3, -0.25) is 0 Å². The molecular formula is C14H11FN2. The van der Waals surface area contributed by atoms with Crippen LogP contribution in [0.1, 0.15) is 5.56 Å². The number of nitrogens with zero attached hydrogens (tertiary/aromatic N) is 2. The van der Waals surface area contributed by atoms with Crippen molar-refractivity contribution in [3.05, 3.63) is 66.2 Å². The molecule has 0 aliphatic rings. The lowest BCUT2D eigenvalue weighted by Crippen LogP contribution is -2.00. The minimum atomic E-state index is -0.176. The number of rotatable bonds is 2. The van der Waals surface area contributed by atoms with Crippen LogP contribution in [0.5, 0.6) is 0 Å². The summed E-state index contributed by atoms with van der Waals surface area (Å²) in [6.45, 7) is 0.507. The molecule has 0 saturated heterocycles. The van der Waals surface area contributed by atoms with Crippen LogP contribution in [0.2, 0.25) is 0 Å². The van der Waals surface area contributed by atoms with Crippen LogP contribution in [-0.4, -0.2) is 9.55 Å². The maximum absolute atomic E-state index is 13.5. The minimum Gasteiger partial charge on any atom is -0.326 e. The average Bonchev–Trinajstić information content (AvgIpc) is 2.76. The number of fused-ring (bicyclic) bond motifs is 1. The second kappa shape index (κ2) is 4.01. The van der Waals surface area contributed by atoms with Gasteiger partial charge in [0.2, 0.25) is 0 Å². The SMILES string of the molecule is Fc1ccccc1Cn1cnc2ccccc21. The van der Waals surface area contributed by atoms with E-state index in [4.69, 9.17) is 0 Å². The lowest BCUT2D eigenvalue weighted by Gasteiger charge is -2.05. The van der Waals surface area contributed by atoms with E-state index in [9.17, 15) is 4.39 Å². The van der Waals surface area contributed by atoms with Gasteiger partial charge >= 0.3 is 0 Å². The lowest BCUT2D eigenvalue weighted by atomic mass is 10.2. The van der Waals surface area contributed by atoms with E-state index in [0.717, 1.165) is 11.0 Å². The zero-order chi connectivity index (χ0) is 11.7. The van der Waals surface area contributed by atoms with E-state index in [-0.39, 0.29) is 5.82 Å². The van der Waals surface area contributed by atoms with Gasteiger partial charge in [-0.25, -0.2) is 9.37 Å². The van der Waals surface area contributed by atoms with Gasteiger partial charge in [0.05, 0.1) is 23.9 Å². The second-order valence-corrected chi connectivity index (χ2v) is 3.95. The predicted octanol–water partition coefficient (Wildman–Crippen LogP) is 3.22. The first kappa shape index (κ1) is 10.0. The van der Waals surface area contributed by atoms with E-state index < -0.39 is 0 Å². The van der Waals surface area contributed by atoms with Gasteiger partial charge in [0.25, 0.3) is 0 Å². The molecule has 0 spiro atoms. The van der Waals surface area contributed by atoms with E-state index in [1.807, 2.05) is 34.9 Å². The lowest BCUT2D eigenvalue weighted by molar-refractivity contribution is 0.601. The molecule has 0 N–H and O–H groups in total. The largest absolute Gasteiger partial charge is 0.326 e. The molecule has 0 saturated carbocycles. The molecule has 3 heteroatoms. The molecule has 0 radical (unpaired) electrons. The Labute approximate surface area is 98.3 Å². The number of aromatic nitrogens is 2. The molecule has 2 aromatic carbocycles. The van der Waals surface area contributed by atoms with Gasteiger partial charge < -0.3 is 4.57 Å². The predicted molar refractivity (Wildman–Crippen MR) is 65.2 cm³/mol. The summed E-state index contributed by atoms with van der Waals surface area (Å²) in [5.74, 6) is -0.176. The summed E-state index contributed by atoms with van der Waals surface area (Å²) in [5.41, 5.74) is 2.63. The molecule has 0 amide bonds. The highest BCUT2D eigenvalue weighted by molar-refractivity contribution is 5.75. The number of halogens is 1. The first-order valence-electron chi connectivity index (χ1n) is 5.48. The zero-order valence-corrected chi connectivity index (χ0v) is 9.18. The summed E-state index contributed by atoms with van der Waals surface area (Å²) in [4.78, 5) is 4.29. The van der Waals surface area contributed by atoms with Gasteiger partial charge in [0, 0.05) is 5.56 Å². The van der Waals surface area contributed by atoms with Crippen molar-refractivity contribution in [3.8, 4) is 0 Å². The quantitative estimate of drug-likeness (QED) is 0.656. The van der Waals surface area contributed by atoms with Crippen molar-refractivity contribution >= 4 is 11.0 Å². The summed E-state index contributed by atoms with van der Waals surface area (Å²) < 4.78 is 15.5. The molecule has 0 fully saturated rings. The topological polar surface area (TPSA) is 17.8 Å². The van der Waals surface area contributed by atoms with Crippen LogP contribution in [0.3, 0.4) is 0 Å². The molecule has 2 nitrogen and oxygen atoms in total. The Morgan fingerprint density at radius 1 is 1.00 bits per heavy atom. The van der Waals surface area contributed by atoms with Gasteiger partial charge in [-0.1, -0.05) is 30.3 Å². The number of benzene rings is 2. The Morgan fingerprint density at radius 3 is 2.65 bits per heavy atom. The van der Waals surface area contributed by atoms with Crippen molar-refractivity contribution in [2.45, 2.75) is 6.54 Å². The third-order valence-electron chi connectivity index (χ3n) is 2.83. The van der Waals surface area contributed by atoms with Gasteiger partial charge in [0.1, 0.15) is 5.82 Å². The highest BCUT2D eigenvalue weighted by atomic mass is 19.1. The summed E-state index contributed by atoms with van der Waals surface area (Å²) >= 11 is 0. The Balaban J connectivity index is 2.03. The molecule has 0 bridgehead atoms. The Hall–Kier alpha value is -2.16. The highest BCUT2D eigenvalue weighted by Crippen LogP contribution is 2.15. The first-order chi connectivity index (χ1) is 8.34. The summed E-state index contributed by atoms with van der Waals surface area (Å²) in [5, 5.41) is 0. The highest BCUT2D eigenvalue weighted by Gasteiger charge is 2.05. The third kappa shape index (κ3) is 1.80. The molecule has 0 aliphatic heterocycles. The van der Waals surface area contributed by atoms with Crippen molar-refractivity contribution in [1.29, 1.82) is 0 Å². The monoisotopic (exact) mass is 226 g/mol. The van der Waals surface area contributed by atoms with Gasteiger partial charge in [-0.2, -0.15) is 0 Å². The smallest absolute Gasteiger partial charge is 0.128 e. The maximum Gasteiger partial charge on any atom is 0.128 e. The van der Waals surface area contributed by atoms with Gasteiger partial charge in [0.15, 0.2) is 0 Å². The molecule has 1 heterocycles. The van der Waals surface area contributed by atoms with Crippen molar-refractivity contribution in [3.63, 3.8) is 0 Å². The van der Waals surface area contributed by atoms with Crippen LogP contribution < -0.4 is 0 Å². The molecule has 84 valence electrons. The van der Waals surface area contributed by atoms with Crippen LogP contribution >= 0.6 is 0 Å². The molecule has 0 aliphatic carbocycles. The average molecular weight is 226 g/mol. The van der Waals surface area contributed by atoms with Crippen LogP contribution in [-0.2, 0) is 6.54 Å². The molecule has 3 rings (SSSR count). The van der Waals surface area contributed by atoms with Crippen LogP contribution in [0.15, 0.2) is 54.9 Å². The fraction of sp³-hybridized carbons (Fsp3) is 0.0714. The Kier molecular flexibility index (Phi) is 2.37. The fourth-order valence-corrected chi connectivity index (χ4v) is 1.95. The summed E-state index contributed by atoms with van der Waals surface area (Å²) in [6.07, 6.45) is 1.75. The molecule has 0 atom stereocenters. The van der Waals surface area contributed by atoms with Crippen molar-refractivity contribution in [2.24, 2.45) is 0 Å². The van der Waals surface area contributed by atoms with Crippen LogP contribution in [0, 0.1) is 5.82 Å². The van der Waals surface area contributed by atoms with Gasteiger partial charge in [-0.15, -0.1) is 0 Å². The molecule has 1 aromatic heterocycles. The maximum atomic E-state index is 13.5. The molecule has 3 aromatic rings. The number of hydrogen-bond acceptors (Lipinski definition) is 1. The Morgan fingerprint density at radius 2 is 1.76 bits per heavy atom. The van der Waals surface area contributed by atoms with E-state index in [1.165, 1.54) is 6.07 Å². The van der Waals surface area contributed by atoms with E-state index >= 15 is 0 Å². The van der Waals surface area contributed by atoms with E-state index in [1.54, 1.807) is 18.5 Å². The van der Waals surface area contributed by atoms with Crippen molar-refractivity contribution in [2.75, 3.05) is 0 Å². The van der Waals surface area contributed by atoms with Crippen LogP contribution in [0.4, 0.5) is 4.39 Å². The Bertz CT molecular complexity index is 658. The fourth-order valence-electron chi connectivity index (χ4n) is 1.95. The van der Waals surface area contributed by atoms with Crippen molar-refractivity contribution in [1.82, 2.24) is 9.55 Å².